The first kappa shape index (κ1) is 14.3. The number of urea groups is 1. The normalized spacial score (nSPS) is 17.6. The van der Waals surface area contributed by atoms with Gasteiger partial charge >= 0.3 is 6.03 Å². The fourth-order valence-corrected chi connectivity index (χ4v) is 2.98. The Morgan fingerprint density at radius 2 is 2.13 bits per heavy atom. The molecule has 0 saturated heterocycles. The van der Waals surface area contributed by atoms with E-state index in [9.17, 15) is 4.79 Å². The van der Waals surface area contributed by atoms with Crippen molar-refractivity contribution in [3.05, 3.63) is 48.0 Å². The first-order valence-electron chi connectivity index (χ1n) is 8.34. The lowest BCUT2D eigenvalue weighted by Gasteiger charge is -2.25. The van der Waals surface area contributed by atoms with E-state index in [1.54, 1.807) is 12.5 Å². The first-order valence-corrected chi connectivity index (χ1v) is 8.34. The summed E-state index contributed by atoms with van der Waals surface area (Å²) < 4.78 is 5.09. The molecule has 1 N–H and O–H groups in total. The zero-order chi connectivity index (χ0) is 15.6. The lowest BCUT2D eigenvalue weighted by molar-refractivity contribution is 0.206. The summed E-state index contributed by atoms with van der Waals surface area (Å²) in [6.45, 7) is 0.577. The minimum atomic E-state index is -0.0856. The fourth-order valence-electron chi connectivity index (χ4n) is 2.98. The number of rotatable bonds is 5. The molecule has 2 fully saturated rings. The van der Waals surface area contributed by atoms with Crippen LogP contribution in [-0.2, 0) is 6.54 Å². The highest BCUT2D eigenvalue weighted by molar-refractivity contribution is 5.88. The van der Waals surface area contributed by atoms with Crippen LogP contribution in [0.5, 0.6) is 0 Å². The second kappa shape index (κ2) is 6.07. The summed E-state index contributed by atoms with van der Waals surface area (Å²) in [5, 5.41) is 2.92. The van der Waals surface area contributed by atoms with Crippen LogP contribution in [0.15, 0.2) is 41.3 Å². The highest BCUT2D eigenvalue weighted by atomic mass is 16.3. The SMILES string of the molecule is O=C(Nc1ccc(C2CCC2)cn1)N(Cc1ccoc1)C1CC1. The Labute approximate surface area is 135 Å². The molecule has 2 aliphatic carbocycles. The molecule has 2 aromatic rings. The molecule has 23 heavy (non-hydrogen) atoms. The quantitative estimate of drug-likeness (QED) is 0.903. The topological polar surface area (TPSA) is 58.4 Å². The van der Waals surface area contributed by atoms with Crippen molar-refractivity contribution in [3.8, 4) is 0 Å². The number of hydrogen-bond acceptors (Lipinski definition) is 3. The number of nitrogens with one attached hydrogen (secondary N) is 1. The van der Waals surface area contributed by atoms with Gasteiger partial charge < -0.3 is 9.32 Å². The number of nitrogens with zero attached hydrogens (tertiary/aromatic N) is 2. The molecule has 2 aromatic heterocycles. The molecule has 2 saturated carbocycles. The Kier molecular flexibility index (Phi) is 3.77. The molecule has 2 amide bonds. The Balaban J connectivity index is 1.40. The number of carbonyl (C=O) groups is 1. The van der Waals surface area contributed by atoms with Gasteiger partial charge in [-0.1, -0.05) is 12.5 Å². The van der Waals surface area contributed by atoms with Gasteiger partial charge in [0, 0.05) is 17.8 Å². The van der Waals surface area contributed by atoms with Crippen LogP contribution in [-0.4, -0.2) is 22.0 Å². The summed E-state index contributed by atoms with van der Waals surface area (Å²) in [5.74, 6) is 1.28. The molecule has 0 unspecified atom stereocenters. The van der Waals surface area contributed by atoms with Crippen molar-refractivity contribution in [1.29, 1.82) is 0 Å². The van der Waals surface area contributed by atoms with Crippen LogP contribution in [0.3, 0.4) is 0 Å². The van der Waals surface area contributed by atoms with Crippen LogP contribution in [0.2, 0.25) is 0 Å². The van der Waals surface area contributed by atoms with Gasteiger partial charge in [0.25, 0.3) is 0 Å². The molecule has 2 heterocycles. The Morgan fingerprint density at radius 3 is 2.70 bits per heavy atom. The standard InChI is InChI=1S/C18H21N3O2/c22-18(21(16-5-6-16)11-13-8-9-23-12-13)20-17-7-4-15(10-19-17)14-2-1-3-14/h4,7-10,12,14,16H,1-3,5-6,11H2,(H,19,20,22). The van der Waals surface area contributed by atoms with Crippen LogP contribution in [0, 0.1) is 0 Å². The Bertz CT molecular complexity index is 658. The van der Waals surface area contributed by atoms with Crippen molar-refractivity contribution in [3.63, 3.8) is 0 Å². The summed E-state index contributed by atoms with van der Waals surface area (Å²) in [7, 11) is 0. The summed E-state index contributed by atoms with van der Waals surface area (Å²) in [6, 6.07) is 6.14. The number of pyridine rings is 1. The predicted octanol–water partition coefficient (Wildman–Crippen LogP) is 4.14. The predicted molar refractivity (Wildman–Crippen MR) is 87.1 cm³/mol. The van der Waals surface area contributed by atoms with Crippen LogP contribution < -0.4 is 5.32 Å². The van der Waals surface area contributed by atoms with E-state index in [1.807, 2.05) is 23.2 Å². The Hall–Kier alpha value is -2.30. The van der Waals surface area contributed by atoms with Gasteiger partial charge in [-0.3, -0.25) is 5.32 Å². The van der Waals surface area contributed by atoms with E-state index in [0.29, 0.717) is 24.3 Å². The number of furan rings is 1. The average Bonchev–Trinajstić information content (AvgIpc) is 3.21. The molecule has 120 valence electrons. The van der Waals surface area contributed by atoms with Gasteiger partial charge in [0.2, 0.25) is 0 Å². The highest BCUT2D eigenvalue weighted by Crippen LogP contribution is 2.36. The number of aromatic nitrogens is 1. The maximum Gasteiger partial charge on any atom is 0.323 e. The van der Waals surface area contributed by atoms with Crippen molar-refractivity contribution < 1.29 is 9.21 Å². The minimum absolute atomic E-state index is 0.0856. The first-order chi connectivity index (χ1) is 11.3. The molecule has 0 radical (unpaired) electrons. The summed E-state index contributed by atoms with van der Waals surface area (Å²) in [6.07, 6.45) is 11.2. The third-order valence-corrected chi connectivity index (χ3v) is 4.78. The third-order valence-electron chi connectivity index (χ3n) is 4.78. The molecule has 0 spiro atoms. The van der Waals surface area contributed by atoms with E-state index in [0.717, 1.165) is 18.4 Å². The van der Waals surface area contributed by atoms with Gasteiger partial charge in [0.15, 0.2) is 0 Å². The van der Waals surface area contributed by atoms with E-state index in [1.165, 1.54) is 24.8 Å². The van der Waals surface area contributed by atoms with Gasteiger partial charge in [-0.05, 0) is 49.3 Å². The van der Waals surface area contributed by atoms with Gasteiger partial charge in [0.1, 0.15) is 5.82 Å². The van der Waals surface area contributed by atoms with Crippen molar-refractivity contribution in [2.45, 2.75) is 50.6 Å². The van der Waals surface area contributed by atoms with Crippen molar-refractivity contribution >= 4 is 11.8 Å². The second-order valence-corrected chi connectivity index (χ2v) is 6.53. The van der Waals surface area contributed by atoms with E-state index < -0.39 is 0 Å². The van der Waals surface area contributed by atoms with Gasteiger partial charge in [-0.15, -0.1) is 0 Å². The number of carbonyl (C=O) groups excluding carboxylic acids is 1. The maximum atomic E-state index is 12.6. The minimum Gasteiger partial charge on any atom is -0.472 e. The van der Waals surface area contributed by atoms with Crippen molar-refractivity contribution in [2.75, 3.05) is 5.32 Å². The summed E-state index contributed by atoms with van der Waals surface area (Å²) >= 11 is 0. The number of amides is 2. The lowest BCUT2D eigenvalue weighted by atomic mass is 9.81. The zero-order valence-electron chi connectivity index (χ0n) is 13.1. The molecule has 4 rings (SSSR count). The molecule has 0 aromatic carbocycles. The van der Waals surface area contributed by atoms with Crippen LogP contribution in [0.4, 0.5) is 10.6 Å². The molecule has 5 nitrogen and oxygen atoms in total. The molecular formula is C18H21N3O2. The number of anilines is 1. The highest BCUT2D eigenvalue weighted by Gasteiger charge is 2.33. The summed E-state index contributed by atoms with van der Waals surface area (Å²) in [5.41, 5.74) is 2.30. The fraction of sp³-hybridized carbons (Fsp3) is 0.444. The van der Waals surface area contributed by atoms with E-state index in [2.05, 4.69) is 16.4 Å². The van der Waals surface area contributed by atoms with Crippen LogP contribution in [0.25, 0.3) is 0 Å². The van der Waals surface area contributed by atoms with Crippen molar-refractivity contribution in [1.82, 2.24) is 9.88 Å². The van der Waals surface area contributed by atoms with Crippen LogP contribution >= 0.6 is 0 Å². The molecule has 0 atom stereocenters. The third kappa shape index (κ3) is 3.23. The van der Waals surface area contributed by atoms with E-state index in [4.69, 9.17) is 4.42 Å². The molecule has 0 aliphatic heterocycles. The summed E-state index contributed by atoms with van der Waals surface area (Å²) in [4.78, 5) is 18.8. The second-order valence-electron chi connectivity index (χ2n) is 6.53. The smallest absolute Gasteiger partial charge is 0.323 e. The van der Waals surface area contributed by atoms with Crippen LogP contribution in [0.1, 0.15) is 49.1 Å². The lowest BCUT2D eigenvalue weighted by Crippen LogP contribution is -2.36. The molecule has 2 aliphatic rings. The molecular weight excluding hydrogens is 290 g/mol. The maximum absolute atomic E-state index is 12.6. The number of hydrogen-bond donors (Lipinski definition) is 1. The van der Waals surface area contributed by atoms with Gasteiger partial charge in [-0.25, -0.2) is 9.78 Å². The molecule has 0 bridgehead atoms. The van der Waals surface area contributed by atoms with Crippen molar-refractivity contribution in [2.24, 2.45) is 0 Å². The Morgan fingerprint density at radius 1 is 1.26 bits per heavy atom. The molecule has 5 heteroatoms. The van der Waals surface area contributed by atoms with Gasteiger partial charge in [0.05, 0.1) is 19.1 Å². The monoisotopic (exact) mass is 311 g/mol. The zero-order valence-corrected chi connectivity index (χ0v) is 13.1. The average molecular weight is 311 g/mol. The largest absolute Gasteiger partial charge is 0.472 e. The van der Waals surface area contributed by atoms with E-state index >= 15 is 0 Å². The van der Waals surface area contributed by atoms with Gasteiger partial charge in [-0.2, -0.15) is 0 Å². The van der Waals surface area contributed by atoms with E-state index in [-0.39, 0.29) is 6.03 Å².